The molecule has 0 N–H and O–H groups in total. The van der Waals surface area contributed by atoms with Gasteiger partial charge in [0.25, 0.3) is 11.8 Å². The molecule has 8 heteroatoms. The van der Waals surface area contributed by atoms with Crippen LogP contribution >= 0.6 is 0 Å². The van der Waals surface area contributed by atoms with Gasteiger partial charge in [0.15, 0.2) is 6.61 Å². The number of piperidine rings is 1. The molecule has 2 atom stereocenters. The molecular weight excluding hydrogens is 386 g/mol. The van der Waals surface area contributed by atoms with Crippen LogP contribution in [0.1, 0.15) is 56.3 Å². The van der Waals surface area contributed by atoms with E-state index in [1.807, 2.05) is 6.92 Å². The van der Waals surface area contributed by atoms with E-state index in [0.29, 0.717) is 17.8 Å². The highest BCUT2D eigenvalue weighted by molar-refractivity contribution is 6.15. The van der Waals surface area contributed by atoms with Crippen LogP contribution in [0.15, 0.2) is 24.3 Å². The lowest BCUT2D eigenvalue weighted by atomic mass is 9.96. The molecule has 8 nitrogen and oxygen atoms in total. The molecule has 3 amide bonds. The van der Waals surface area contributed by atoms with Gasteiger partial charge in [-0.15, -0.1) is 0 Å². The Balaban J connectivity index is 1.62. The van der Waals surface area contributed by atoms with Gasteiger partial charge >= 0.3 is 5.97 Å². The molecule has 3 heterocycles. The Bertz CT molecular complexity index is 901. The normalized spacial score (nSPS) is 25.8. The van der Waals surface area contributed by atoms with Gasteiger partial charge in [-0.1, -0.05) is 12.1 Å². The molecule has 0 radical (unpaired) electrons. The molecule has 0 aromatic heterocycles. The fraction of sp³-hybridized carbons (Fsp3) is 0.545. The molecule has 3 aliphatic rings. The molecule has 0 spiro atoms. The average Bonchev–Trinajstić information content (AvgIpc) is 3.11. The van der Waals surface area contributed by atoms with Crippen molar-refractivity contribution in [3.8, 4) is 0 Å². The Morgan fingerprint density at radius 2 is 1.97 bits per heavy atom. The zero-order valence-corrected chi connectivity index (χ0v) is 17.4. The van der Waals surface area contributed by atoms with Crippen molar-refractivity contribution >= 4 is 29.4 Å². The summed E-state index contributed by atoms with van der Waals surface area (Å²) in [6, 6.07) is 6.91. The topological polar surface area (TPSA) is 87.2 Å². The van der Waals surface area contributed by atoms with Crippen molar-refractivity contribution in [1.82, 2.24) is 9.80 Å². The minimum atomic E-state index is -1.54. The van der Waals surface area contributed by atoms with Gasteiger partial charge in [0.2, 0.25) is 11.6 Å². The molecule has 0 aliphatic carbocycles. The molecule has 0 unspecified atom stereocenters. The van der Waals surface area contributed by atoms with Gasteiger partial charge in [-0.05, 0) is 45.2 Å². The lowest BCUT2D eigenvalue weighted by molar-refractivity contribution is -0.163. The summed E-state index contributed by atoms with van der Waals surface area (Å²) in [6.45, 7) is 4.26. The number of anilines is 1. The first-order chi connectivity index (χ1) is 14.4. The minimum absolute atomic E-state index is 0.114. The first-order valence-corrected chi connectivity index (χ1v) is 10.6. The highest BCUT2D eigenvalue weighted by Gasteiger charge is 2.61. The SMILES string of the molecule is CCN1C(=O)c2ccccc2N2C(=O)CC[C@]12C(=O)OCC(=O)N1CCCC[C@H]1C. The van der Waals surface area contributed by atoms with Gasteiger partial charge in [-0.25, -0.2) is 4.79 Å². The number of benzene rings is 1. The highest BCUT2D eigenvalue weighted by atomic mass is 16.5. The van der Waals surface area contributed by atoms with Crippen molar-refractivity contribution in [3.63, 3.8) is 0 Å². The van der Waals surface area contributed by atoms with Crippen molar-refractivity contribution < 1.29 is 23.9 Å². The van der Waals surface area contributed by atoms with E-state index in [4.69, 9.17) is 4.74 Å². The Kier molecular flexibility index (Phi) is 5.26. The lowest BCUT2D eigenvalue weighted by Gasteiger charge is -2.48. The molecule has 1 aromatic rings. The summed E-state index contributed by atoms with van der Waals surface area (Å²) in [7, 11) is 0. The zero-order chi connectivity index (χ0) is 21.5. The zero-order valence-electron chi connectivity index (χ0n) is 17.4. The van der Waals surface area contributed by atoms with Crippen LogP contribution in [-0.2, 0) is 19.1 Å². The van der Waals surface area contributed by atoms with E-state index >= 15 is 0 Å². The maximum Gasteiger partial charge on any atom is 0.354 e. The summed E-state index contributed by atoms with van der Waals surface area (Å²) in [4.78, 5) is 56.5. The summed E-state index contributed by atoms with van der Waals surface area (Å²) >= 11 is 0. The molecule has 30 heavy (non-hydrogen) atoms. The van der Waals surface area contributed by atoms with E-state index in [1.165, 1.54) is 9.80 Å². The fourth-order valence-electron chi connectivity index (χ4n) is 4.97. The molecule has 2 fully saturated rings. The van der Waals surface area contributed by atoms with E-state index in [1.54, 1.807) is 36.1 Å². The van der Waals surface area contributed by atoms with Crippen molar-refractivity contribution in [3.05, 3.63) is 29.8 Å². The third-order valence-corrected chi connectivity index (χ3v) is 6.47. The van der Waals surface area contributed by atoms with Crippen LogP contribution in [0.25, 0.3) is 0 Å². The monoisotopic (exact) mass is 413 g/mol. The van der Waals surface area contributed by atoms with E-state index in [0.717, 1.165) is 19.3 Å². The van der Waals surface area contributed by atoms with Crippen LogP contribution in [0.5, 0.6) is 0 Å². The van der Waals surface area contributed by atoms with Crippen LogP contribution in [0.2, 0.25) is 0 Å². The van der Waals surface area contributed by atoms with Gasteiger partial charge in [-0.3, -0.25) is 19.3 Å². The maximum atomic E-state index is 13.4. The van der Waals surface area contributed by atoms with Crippen LogP contribution in [0.3, 0.4) is 0 Å². The van der Waals surface area contributed by atoms with Crippen LogP contribution < -0.4 is 4.90 Å². The van der Waals surface area contributed by atoms with E-state index in [9.17, 15) is 19.2 Å². The first-order valence-electron chi connectivity index (χ1n) is 10.6. The standard InChI is InChI=1S/C22H27N3O5/c1-3-24-20(28)16-9-4-5-10-17(16)25-18(26)11-12-22(24,25)21(29)30-14-19(27)23-13-7-6-8-15(23)2/h4-5,9-10,15H,3,6-8,11-14H2,1-2H3/t15-,22+/m1/s1. The smallest absolute Gasteiger partial charge is 0.354 e. The predicted molar refractivity (Wildman–Crippen MR) is 109 cm³/mol. The largest absolute Gasteiger partial charge is 0.452 e. The van der Waals surface area contributed by atoms with E-state index < -0.39 is 11.6 Å². The molecule has 2 saturated heterocycles. The maximum absolute atomic E-state index is 13.4. The molecule has 160 valence electrons. The number of ether oxygens (including phenoxy) is 1. The Hall–Kier alpha value is -2.90. The predicted octanol–water partition coefficient (Wildman–Crippen LogP) is 1.93. The van der Waals surface area contributed by atoms with Gasteiger partial charge in [0, 0.05) is 32.0 Å². The van der Waals surface area contributed by atoms with Gasteiger partial charge in [-0.2, -0.15) is 0 Å². The molecule has 0 bridgehead atoms. The second kappa shape index (κ2) is 7.74. The molecule has 0 saturated carbocycles. The first kappa shape index (κ1) is 20.4. The highest BCUT2D eigenvalue weighted by Crippen LogP contribution is 2.44. The Labute approximate surface area is 175 Å². The van der Waals surface area contributed by atoms with Gasteiger partial charge < -0.3 is 14.5 Å². The number of likely N-dealkylation sites (tertiary alicyclic amines) is 1. The number of esters is 1. The van der Waals surface area contributed by atoms with Gasteiger partial charge in [0.05, 0.1) is 11.3 Å². The summed E-state index contributed by atoms with van der Waals surface area (Å²) in [5, 5.41) is 0. The number of rotatable bonds is 4. The third kappa shape index (κ3) is 2.97. The van der Waals surface area contributed by atoms with Crippen LogP contribution in [0.4, 0.5) is 5.69 Å². The van der Waals surface area contributed by atoms with Crippen molar-refractivity contribution in [2.45, 2.75) is 57.7 Å². The summed E-state index contributed by atoms with van der Waals surface area (Å²) in [6.07, 6.45) is 3.22. The number of fused-ring (bicyclic) bond motifs is 3. The molecular formula is C22H27N3O5. The second-order valence-corrected chi connectivity index (χ2v) is 8.12. The Morgan fingerprint density at radius 1 is 1.20 bits per heavy atom. The number of carbonyl (C=O) groups excluding carboxylic acids is 4. The second-order valence-electron chi connectivity index (χ2n) is 8.12. The van der Waals surface area contributed by atoms with Crippen molar-refractivity contribution in [1.29, 1.82) is 0 Å². The number of para-hydroxylation sites is 1. The number of carbonyl (C=O) groups is 4. The third-order valence-electron chi connectivity index (χ3n) is 6.47. The van der Waals surface area contributed by atoms with E-state index in [2.05, 4.69) is 0 Å². The molecule has 1 aromatic carbocycles. The van der Waals surface area contributed by atoms with E-state index in [-0.39, 0.29) is 49.8 Å². The summed E-state index contributed by atoms with van der Waals surface area (Å²) < 4.78 is 5.48. The fourth-order valence-corrected chi connectivity index (χ4v) is 4.97. The average molecular weight is 413 g/mol. The van der Waals surface area contributed by atoms with Crippen LogP contribution in [0, 0.1) is 0 Å². The number of hydrogen-bond acceptors (Lipinski definition) is 5. The number of likely N-dealkylation sites (N-methyl/N-ethyl adjacent to an activating group) is 1. The molecule has 4 rings (SSSR count). The summed E-state index contributed by atoms with van der Waals surface area (Å²) in [5.41, 5.74) is -0.732. The Morgan fingerprint density at radius 3 is 2.70 bits per heavy atom. The van der Waals surface area contributed by atoms with Gasteiger partial charge in [0.1, 0.15) is 0 Å². The molecule has 3 aliphatic heterocycles. The number of nitrogens with zero attached hydrogens (tertiary/aromatic N) is 3. The van der Waals surface area contributed by atoms with Crippen molar-refractivity contribution in [2.24, 2.45) is 0 Å². The number of hydrogen-bond donors (Lipinski definition) is 0. The van der Waals surface area contributed by atoms with Crippen LogP contribution in [-0.4, -0.2) is 64.9 Å². The summed E-state index contributed by atoms with van der Waals surface area (Å²) in [5.74, 6) is -1.52. The van der Waals surface area contributed by atoms with Crippen molar-refractivity contribution in [2.75, 3.05) is 24.6 Å². The lowest BCUT2D eigenvalue weighted by Crippen LogP contribution is -2.68. The number of amides is 3. The minimum Gasteiger partial charge on any atom is -0.452 e. The quantitative estimate of drug-likeness (QED) is 0.704.